The molecule has 4 atom stereocenters. The number of carbonyl (C=O) groups is 1. The topological polar surface area (TPSA) is 62.1 Å². The van der Waals surface area contributed by atoms with Crippen molar-refractivity contribution in [3.8, 4) is 6.07 Å². The Bertz CT molecular complexity index is 567. The third-order valence-electron chi connectivity index (χ3n) is 3.90. The summed E-state index contributed by atoms with van der Waals surface area (Å²) >= 11 is 6.05. The monoisotopic (exact) mass is 292 g/mol. The number of rotatable bonds is 2. The summed E-state index contributed by atoms with van der Waals surface area (Å²) in [5, 5.41) is 12.1. The van der Waals surface area contributed by atoms with E-state index in [0.717, 1.165) is 0 Å². The number of hydrogen-bond donors (Lipinski definition) is 1. The number of hydrogen-bond acceptors (Lipinski definition) is 3. The van der Waals surface area contributed by atoms with Crippen LogP contribution in [0.2, 0.25) is 5.02 Å². The lowest BCUT2D eigenvalue weighted by molar-refractivity contribution is -0.121. The molecule has 0 aliphatic carbocycles. The van der Waals surface area contributed by atoms with Crippen molar-refractivity contribution in [1.29, 1.82) is 5.26 Å². The maximum absolute atomic E-state index is 12.4. The van der Waals surface area contributed by atoms with Crippen molar-refractivity contribution < 1.29 is 9.53 Å². The van der Waals surface area contributed by atoms with Gasteiger partial charge in [-0.05, 0) is 38.0 Å². The Hall–Kier alpha value is -1.57. The van der Waals surface area contributed by atoms with Crippen LogP contribution in [0.25, 0.3) is 0 Å². The van der Waals surface area contributed by atoms with Crippen molar-refractivity contribution in [3.05, 3.63) is 28.8 Å². The number of carbonyl (C=O) groups excluding carboxylic acids is 1. The molecular weight excluding hydrogens is 276 g/mol. The fraction of sp³-hybridized carbons (Fsp3) is 0.467. The molecule has 1 saturated heterocycles. The molecule has 1 aromatic rings. The Kier molecular flexibility index (Phi) is 4.32. The van der Waals surface area contributed by atoms with Gasteiger partial charge in [0.25, 0.3) is 0 Å². The Morgan fingerprint density at radius 1 is 1.35 bits per heavy atom. The number of nitrogens with one attached hydrogen (secondary N) is 1. The first-order valence-corrected chi connectivity index (χ1v) is 6.97. The predicted octanol–water partition coefficient (Wildman–Crippen LogP) is 3.21. The maximum Gasteiger partial charge on any atom is 0.230 e. The van der Waals surface area contributed by atoms with Gasteiger partial charge in [-0.3, -0.25) is 4.79 Å². The summed E-state index contributed by atoms with van der Waals surface area (Å²) in [6.07, 6.45) is -0.0698. The molecule has 1 heterocycles. The van der Waals surface area contributed by atoms with E-state index in [9.17, 15) is 4.79 Å². The zero-order valence-electron chi connectivity index (χ0n) is 11.7. The maximum atomic E-state index is 12.4. The second-order valence-electron chi connectivity index (χ2n) is 5.23. The average Bonchev–Trinajstić information content (AvgIpc) is 2.66. The quantitative estimate of drug-likeness (QED) is 0.910. The highest BCUT2D eigenvalue weighted by Crippen LogP contribution is 2.33. The lowest BCUT2D eigenvalue weighted by Crippen LogP contribution is -2.32. The number of ether oxygens (including phenoxy) is 1. The third-order valence-corrected chi connectivity index (χ3v) is 4.23. The van der Waals surface area contributed by atoms with Crippen molar-refractivity contribution in [1.82, 2.24) is 0 Å². The van der Waals surface area contributed by atoms with Gasteiger partial charge in [0.1, 0.15) is 0 Å². The van der Waals surface area contributed by atoms with Crippen LogP contribution >= 0.6 is 11.6 Å². The molecule has 1 aromatic carbocycles. The molecular formula is C15H17ClN2O2. The van der Waals surface area contributed by atoms with Gasteiger partial charge in [0, 0.05) is 0 Å². The number of benzene rings is 1. The number of nitriles is 1. The Balaban J connectivity index is 2.18. The van der Waals surface area contributed by atoms with Crippen LogP contribution < -0.4 is 5.32 Å². The van der Waals surface area contributed by atoms with Crippen LogP contribution in [0, 0.1) is 23.2 Å². The molecule has 5 heteroatoms. The van der Waals surface area contributed by atoms with E-state index >= 15 is 0 Å². The van der Waals surface area contributed by atoms with Crippen molar-refractivity contribution >= 4 is 23.2 Å². The minimum absolute atomic E-state index is 0.0571. The fourth-order valence-corrected chi connectivity index (χ4v) is 2.79. The van der Waals surface area contributed by atoms with Gasteiger partial charge in [0.05, 0.1) is 40.5 Å². The van der Waals surface area contributed by atoms with E-state index < -0.39 is 0 Å². The molecule has 2 rings (SSSR count). The van der Waals surface area contributed by atoms with Gasteiger partial charge in [-0.1, -0.05) is 18.5 Å². The van der Waals surface area contributed by atoms with Gasteiger partial charge >= 0.3 is 0 Å². The second kappa shape index (κ2) is 5.82. The molecule has 0 bridgehead atoms. The number of nitrogens with zero attached hydrogens (tertiary/aromatic N) is 1. The summed E-state index contributed by atoms with van der Waals surface area (Å²) in [6.45, 7) is 5.88. The lowest BCUT2D eigenvalue weighted by Gasteiger charge is -2.18. The van der Waals surface area contributed by atoms with Crippen molar-refractivity contribution in [2.45, 2.75) is 33.0 Å². The SMILES string of the molecule is CC1OC(C)C(C(=O)Nc2cc(C#N)ccc2Cl)C1C. The molecule has 106 valence electrons. The molecule has 4 nitrogen and oxygen atoms in total. The van der Waals surface area contributed by atoms with E-state index in [0.29, 0.717) is 16.3 Å². The molecule has 0 radical (unpaired) electrons. The lowest BCUT2D eigenvalue weighted by atomic mass is 9.89. The molecule has 0 spiro atoms. The van der Waals surface area contributed by atoms with Crippen molar-refractivity contribution in [2.24, 2.45) is 11.8 Å². The zero-order chi connectivity index (χ0) is 14.9. The fourth-order valence-electron chi connectivity index (χ4n) is 2.63. The first kappa shape index (κ1) is 14.8. The van der Waals surface area contributed by atoms with E-state index in [1.54, 1.807) is 18.2 Å². The molecule has 1 amide bonds. The molecule has 4 unspecified atom stereocenters. The van der Waals surface area contributed by atoms with Crippen molar-refractivity contribution in [3.63, 3.8) is 0 Å². The molecule has 1 aliphatic rings. The van der Waals surface area contributed by atoms with Gasteiger partial charge in [-0.2, -0.15) is 5.26 Å². The summed E-state index contributed by atoms with van der Waals surface area (Å²) in [5.74, 6) is -0.193. The summed E-state index contributed by atoms with van der Waals surface area (Å²) in [6, 6.07) is 6.83. The minimum Gasteiger partial charge on any atom is -0.374 e. The van der Waals surface area contributed by atoms with Gasteiger partial charge < -0.3 is 10.1 Å². The smallest absolute Gasteiger partial charge is 0.230 e. The van der Waals surface area contributed by atoms with Crippen LogP contribution in [0.4, 0.5) is 5.69 Å². The van der Waals surface area contributed by atoms with Crippen LogP contribution in [0.3, 0.4) is 0 Å². The molecule has 1 fully saturated rings. The molecule has 1 N–H and O–H groups in total. The average molecular weight is 293 g/mol. The van der Waals surface area contributed by atoms with E-state index in [2.05, 4.69) is 5.32 Å². The number of anilines is 1. The van der Waals surface area contributed by atoms with Gasteiger partial charge in [0.15, 0.2) is 0 Å². The zero-order valence-corrected chi connectivity index (χ0v) is 12.4. The van der Waals surface area contributed by atoms with Gasteiger partial charge in [-0.25, -0.2) is 0 Å². The number of halogens is 1. The normalized spacial score (nSPS) is 28.9. The van der Waals surface area contributed by atoms with E-state index in [4.69, 9.17) is 21.6 Å². The Morgan fingerprint density at radius 2 is 2.05 bits per heavy atom. The van der Waals surface area contributed by atoms with E-state index in [-0.39, 0.29) is 30.0 Å². The van der Waals surface area contributed by atoms with Crippen LogP contribution in [0.1, 0.15) is 26.3 Å². The van der Waals surface area contributed by atoms with Gasteiger partial charge in [-0.15, -0.1) is 0 Å². The largest absolute Gasteiger partial charge is 0.374 e. The first-order valence-electron chi connectivity index (χ1n) is 6.60. The third kappa shape index (κ3) is 2.79. The van der Waals surface area contributed by atoms with E-state index in [1.807, 2.05) is 26.8 Å². The second-order valence-corrected chi connectivity index (χ2v) is 5.63. The van der Waals surface area contributed by atoms with Crippen LogP contribution in [0.5, 0.6) is 0 Å². The van der Waals surface area contributed by atoms with Crippen LogP contribution in [-0.2, 0) is 9.53 Å². The Labute approximate surface area is 123 Å². The first-order chi connectivity index (χ1) is 9.43. The summed E-state index contributed by atoms with van der Waals surface area (Å²) < 4.78 is 5.67. The molecule has 0 aromatic heterocycles. The summed E-state index contributed by atoms with van der Waals surface area (Å²) in [4.78, 5) is 12.4. The molecule has 0 saturated carbocycles. The summed E-state index contributed by atoms with van der Waals surface area (Å²) in [5.41, 5.74) is 0.927. The Morgan fingerprint density at radius 3 is 2.60 bits per heavy atom. The predicted molar refractivity (Wildman–Crippen MR) is 77.5 cm³/mol. The number of amides is 1. The highest BCUT2D eigenvalue weighted by atomic mass is 35.5. The summed E-state index contributed by atoms with van der Waals surface area (Å²) in [7, 11) is 0. The van der Waals surface area contributed by atoms with Crippen molar-refractivity contribution in [2.75, 3.05) is 5.32 Å². The molecule has 20 heavy (non-hydrogen) atoms. The molecule has 1 aliphatic heterocycles. The highest BCUT2D eigenvalue weighted by Gasteiger charge is 2.41. The van der Waals surface area contributed by atoms with Crippen LogP contribution in [-0.4, -0.2) is 18.1 Å². The highest BCUT2D eigenvalue weighted by molar-refractivity contribution is 6.33. The van der Waals surface area contributed by atoms with Crippen LogP contribution in [0.15, 0.2) is 18.2 Å². The minimum atomic E-state index is -0.216. The van der Waals surface area contributed by atoms with E-state index in [1.165, 1.54) is 0 Å². The van der Waals surface area contributed by atoms with Gasteiger partial charge in [0.2, 0.25) is 5.91 Å². The standard InChI is InChI=1S/C15H17ClN2O2/c1-8-9(2)20-10(3)14(8)15(19)18-13-6-11(7-17)4-5-12(13)16/h4-6,8-10,14H,1-3H3,(H,18,19).